The van der Waals surface area contributed by atoms with Crippen molar-refractivity contribution in [2.45, 2.75) is 32.4 Å². The molecule has 156 valence electrons. The van der Waals surface area contributed by atoms with E-state index in [9.17, 15) is 24.6 Å². The summed E-state index contributed by atoms with van der Waals surface area (Å²) in [6.45, 7) is 3.56. The number of nitrogens with one attached hydrogen (secondary N) is 1. The van der Waals surface area contributed by atoms with E-state index in [1.54, 1.807) is 50.2 Å². The predicted octanol–water partition coefficient (Wildman–Crippen LogP) is 2.11. The molecule has 0 aliphatic rings. The first-order valence-corrected chi connectivity index (χ1v) is 9.55. The monoisotopic (exact) mass is 409 g/mol. The van der Waals surface area contributed by atoms with Crippen LogP contribution in [0.5, 0.6) is 5.75 Å². The Morgan fingerprint density at radius 2 is 1.77 bits per heavy atom. The molecule has 0 spiro atoms. The van der Waals surface area contributed by atoms with E-state index in [2.05, 4.69) is 10.3 Å². The van der Waals surface area contributed by atoms with Gasteiger partial charge in [0.15, 0.2) is 0 Å². The SMILES string of the molecule is CC(C)[C@@H](C(=O)N[C@@H](Cc1ccc(O)cc1)C(=O)O)n1cnc2ccccc2c1=O. The number of benzene rings is 2. The van der Waals surface area contributed by atoms with E-state index in [4.69, 9.17) is 0 Å². The van der Waals surface area contributed by atoms with Crippen molar-refractivity contribution in [3.63, 3.8) is 0 Å². The number of aromatic nitrogens is 2. The zero-order valence-corrected chi connectivity index (χ0v) is 16.6. The number of carbonyl (C=O) groups is 2. The number of aromatic hydroxyl groups is 1. The lowest BCUT2D eigenvalue weighted by molar-refractivity contribution is -0.142. The first kappa shape index (κ1) is 21.0. The Balaban J connectivity index is 1.89. The number of hydrogen-bond donors (Lipinski definition) is 3. The molecule has 2 atom stereocenters. The van der Waals surface area contributed by atoms with Gasteiger partial charge < -0.3 is 15.5 Å². The molecular weight excluding hydrogens is 386 g/mol. The second-order valence-corrected chi connectivity index (χ2v) is 7.43. The summed E-state index contributed by atoms with van der Waals surface area (Å²) in [6, 6.07) is 10.8. The zero-order valence-electron chi connectivity index (χ0n) is 16.6. The van der Waals surface area contributed by atoms with E-state index in [1.165, 1.54) is 23.0 Å². The summed E-state index contributed by atoms with van der Waals surface area (Å²) in [5.74, 6) is -1.98. The Hall–Kier alpha value is -3.68. The van der Waals surface area contributed by atoms with Crippen LogP contribution < -0.4 is 10.9 Å². The van der Waals surface area contributed by atoms with Gasteiger partial charge in [0, 0.05) is 6.42 Å². The van der Waals surface area contributed by atoms with Gasteiger partial charge in [0.25, 0.3) is 5.56 Å². The third-order valence-electron chi connectivity index (χ3n) is 4.88. The Morgan fingerprint density at radius 1 is 1.10 bits per heavy atom. The Labute approximate surface area is 172 Å². The van der Waals surface area contributed by atoms with Gasteiger partial charge in [-0.15, -0.1) is 0 Å². The number of aliphatic carboxylic acids is 1. The molecule has 0 saturated carbocycles. The number of phenolic OH excluding ortho intramolecular Hbond substituents is 1. The number of rotatable bonds is 7. The molecule has 0 radical (unpaired) electrons. The highest BCUT2D eigenvalue weighted by atomic mass is 16.4. The fourth-order valence-electron chi connectivity index (χ4n) is 3.36. The Bertz CT molecular complexity index is 1120. The van der Waals surface area contributed by atoms with Gasteiger partial charge in [-0.05, 0) is 35.7 Å². The molecule has 1 amide bonds. The highest BCUT2D eigenvalue weighted by Crippen LogP contribution is 2.18. The van der Waals surface area contributed by atoms with Crippen molar-refractivity contribution in [2.75, 3.05) is 0 Å². The minimum Gasteiger partial charge on any atom is -0.508 e. The lowest BCUT2D eigenvalue weighted by atomic mass is 10.0. The van der Waals surface area contributed by atoms with Crippen LogP contribution in [0.4, 0.5) is 0 Å². The minimum absolute atomic E-state index is 0.0387. The summed E-state index contributed by atoms with van der Waals surface area (Å²) >= 11 is 0. The van der Waals surface area contributed by atoms with Gasteiger partial charge in [0.05, 0.1) is 17.2 Å². The number of para-hydroxylation sites is 1. The van der Waals surface area contributed by atoms with E-state index >= 15 is 0 Å². The third-order valence-corrected chi connectivity index (χ3v) is 4.88. The molecule has 0 aliphatic heterocycles. The summed E-state index contributed by atoms with van der Waals surface area (Å²) in [5, 5.41) is 21.9. The first-order chi connectivity index (χ1) is 14.3. The number of nitrogens with zero attached hydrogens (tertiary/aromatic N) is 2. The van der Waals surface area contributed by atoms with Crippen LogP contribution in [-0.2, 0) is 16.0 Å². The number of carboxylic acid groups (broad SMARTS) is 1. The number of carboxylic acids is 1. The van der Waals surface area contributed by atoms with Crippen LogP contribution in [0.1, 0.15) is 25.5 Å². The largest absolute Gasteiger partial charge is 0.508 e. The van der Waals surface area contributed by atoms with Crippen LogP contribution in [0.3, 0.4) is 0 Å². The van der Waals surface area contributed by atoms with Crippen molar-refractivity contribution in [3.05, 3.63) is 70.8 Å². The summed E-state index contributed by atoms with van der Waals surface area (Å²) in [6.07, 6.45) is 1.36. The number of amides is 1. The number of phenols is 1. The van der Waals surface area contributed by atoms with Crippen molar-refractivity contribution in [1.29, 1.82) is 0 Å². The molecule has 0 bridgehead atoms. The first-order valence-electron chi connectivity index (χ1n) is 9.55. The molecule has 8 nitrogen and oxygen atoms in total. The molecule has 2 aromatic carbocycles. The summed E-state index contributed by atoms with van der Waals surface area (Å²) in [5.41, 5.74) is 0.809. The minimum atomic E-state index is -1.19. The van der Waals surface area contributed by atoms with Crippen LogP contribution in [0.15, 0.2) is 59.7 Å². The summed E-state index contributed by atoms with van der Waals surface area (Å²) < 4.78 is 1.25. The lowest BCUT2D eigenvalue weighted by Gasteiger charge is -2.25. The lowest BCUT2D eigenvalue weighted by Crippen LogP contribution is -2.48. The molecule has 30 heavy (non-hydrogen) atoms. The average molecular weight is 409 g/mol. The van der Waals surface area contributed by atoms with E-state index < -0.39 is 24.0 Å². The van der Waals surface area contributed by atoms with E-state index in [0.717, 1.165) is 0 Å². The summed E-state index contributed by atoms with van der Waals surface area (Å²) in [7, 11) is 0. The second-order valence-electron chi connectivity index (χ2n) is 7.43. The molecule has 8 heteroatoms. The van der Waals surface area contributed by atoms with Crippen molar-refractivity contribution in [3.8, 4) is 5.75 Å². The van der Waals surface area contributed by atoms with E-state index in [1.807, 2.05) is 0 Å². The van der Waals surface area contributed by atoms with E-state index in [-0.39, 0.29) is 23.6 Å². The van der Waals surface area contributed by atoms with Crippen molar-refractivity contribution >= 4 is 22.8 Å². The van der Waals surface area contributed by atoms with Gasteiger partial charge in [0.1, 0.15) is 17.8 Å². The second kappa shape index (κ2) is 8.77. The van der Waals surface area contributed by atoms with Crippen molar-refractivity contribution < 1.29 is 19.8 Å². The molecule has 3 aromatic rings. The van der Waals surface area contributed by atoms with Crippen LogP contribution in [0.2, 0.25) is 0 Å². The smallest absolute Gasteiger partial charge is 0.326 e. The van der Waals surface area contributed by atoms with Crippen molar-refractivity contribution in [2.24, 2.45) is 5.92 Å². The quantitative estimate of drug-likeness (QED) is 0.549. The fourth-order valence-corrected chi connectivity index (χ4v) is 3.36. The van der Waals surface area contributed by atoms with Gasteiger partial charge in [-0.2, -0.15) is 0 Å². The summed E-state index contributed by atoms with van der Waals surface area (Å²) in [4.78, 5) is 41.9. The molecule has 3 rings (SSSR count). The maximum absolute atomic E-state index is 13.0. The molecule has 0 fully saturated rings. The molecule has 0 saturated heterocycles. The van der Waals surface area contributed by atoms with Crippen molar-refractivity contribution in [1.82, 2.24) is 14.9 Å². The number of carbonyl (C=O) groups excluding carboxylic acids is 1. The predicted molar refractivity (Wildman–Crippen MR) is 111 cm³/mol. The Morgan fingerprint density at radius 3 is 2.40 bits per heavy atom. The number of fused-ring (bicyclic) bond motifs is 1. The topological polar surface area (TPSA) is 122 Å². The highest BCUT2D eigenvalue weighted by Gasteiger charge is 2.30. The maximum Gasteiger partial charge on any atom is 0.326 e. The van der Waals surface area contributed by atoms with Gasteiger partial charge in [0.2, 0.25) is 5.91 Å². The molecule has 1 heterocycles. The third kappa shape index (κ3) is 4.48. The highest BCUT2D eigenvalue weighted by molar-refractivity contribution is 5.86. The van der Waals surface area contributed by atoms with Gasteiger partial charge >= 0.3 is 5.97 Å². The normalized spacial score (nSPS) is 13.2. The van der Waals surface area contributed by atoms with E-state index in [0.29, 0.717) is 16.5 Å². The molecule has 1 aromatic heterocycles. The zero-order chi connectivity index (χ0) is 21.8. The Kier molecular flexibility index (Phi) is 6.15. The molecule has 0 unspecified atom stereocenters. The van der Waals surface area contributed by atoms with Crippen LogP contribution in [0, 0.1) is 5.92 Å². The molecule has 0 aliphatic carbocycles. The molecular formula is C22H23N3O5. The van der Waals surface area contributed by atoms with Crippen LogP contribution in [0.25, 0.3) is 10.9 Å². The van der Waals surface area contributed by atoms with Gasteiger partial charge in [-0.3, -0.25) is 14.2 Å². The van der Waals surface area contributed by atoms with Crippen LogP contribution in [-0.4, -0.2) is 37.7 Å². The maximum atomic E-state index is 13.0. The van der Waals surface area contributed by atoms with Gasteiger partial charge in [-0.25, -0.2) is 9.78 Å². The fraction of sp³-hybridized carbons (Fsp3) is 0.273. The van der Waals surface area contributed by atoms with Crippen LogP contribution >= 0.6 is 0 Å². The van der Waals surface area contributed by atoms with Gasteiger partial charge in [-0.1, -0.05) is 38.1 Å². The molecule has 3 N–H and O–H groups in total. The average Bonchev–Trinajstić information content (AvgIpc) is 2.71. The number of hydrogen-bond acceptors (Lipinski definition) is 5. The standard InChI is InChI=1S/C22H23N3O5/c1-13(2)19(25-12-23-17-6-4-3-5-16(17)21(25)28)20(27)24-18(22(29)30)11-14-7-9-15(26)10-8-14/h3-10,12-13,18-19,26H,11H2,1-2H3,(H,24,27)(H,29,30)/t18-,19-/m0/s1.